The molecule has 1 amide bonds. The van der Waals surface area contributed by atoms with Gasteiger partial charge in [-0.05, 0) is 67.6 Å². The Morgan fingerprint density at radius 3 is 2.55 bits per heavy atom. The van der Waals surface area contributed by atoms with Crippen LogP contribution in [0.2, 0.25) is 0 Å². The summed E-state index contributed by atoms with van der Waals surface area (Å²) in [6.45, 7) is 3.67. The number of amides is 1. The fourth-order valence-electron chi connectivity index (χ4n) is 3.18. The van der Waals surface area contributed by atoms with Crippen LogP contribution in [-0.4, -0.2) is 44.4 Å². The highest BCUT2D eigenvalue weighted by molar-refractivity contribution is 6.03. The smallest absolute Gasteiger partial charge is 0.406 e. The van der Waals surface area contributed by atoms with Crippen LogP contribution in [0.25, 0.3) is 17.0 Å². The maximum atomic E-state index is 12.3. The molecule has 1 aromatic heterocycles. The summed E-state index contributed by atoms with van der Waals surface area (Å²) in [4.78, 5) is 19.1. The molecule has 0 aliphatic heterocycles. The Hall–Kier alpha value is -3.59. The Morgan fingerprint density at radius 1 is 1.15 bits per heavy atom. The van der Waals surface area contributed by atoms with E-state index in [4.69, 9.17) is 4.98 Å². The number of likely N-dealkylation sites (N-methyl/N-ethyl adjacent to an activating group) is 2. The molecule has 0 saturated heterocycles. The van der Waals surface area contributed by atoms with Crippen molar-refractivity contribution in [2.75, 3.05) is 37.4 Å². The van der Waals surface area contributed by atoms with Crippen molar-refractivity contribution in [1.82, 2.24) is 10.3 Å². The van der Waals surface area contributed by atoms with Crippen LogP contribution < -0.4 is 20.3 Å². The van der Waals surface area contributed by atoms with Crippen molar-refractivity contribution in [3.05, 3.63) is 65.7 Å². The number of anilines is 2. The molecular weight excluding hydrogens is 433 g/mol. The molecule has 3 rings (SSSR count). The number of hydrogen-bond acceptors (Lipinski definition) is 5. The number of halogens is 3. The third-order valence-corrected chi connectivity index (χ3v) is 4.90. The van der Waals surface area contributed by atoms with Crippen molar-refractivity contribution < 1.29 is 22.7 Å². The summed E-state index contributed by atoms with van der Waals surface area (Å²) in [5.74, 6) is 0.196. The predicted octanol–water partition coefficient (Wildman–Crippen LogP) is 4.75. The molecule has 0 saturated carbocycles. The predicted molar refractivity (Wildman–Crippen MR) is 124 cm³/mol. The number of aromatic nitrogens is 1. The molecule has 0 unspecified atom stereocenters. The second-order valence-corrected chi connectivity index (χ2v) is 7.49. The molecule has 0 fully saturated rings. The molecule has 0 bridgehead atoms. The van der Waals surface area contributed by atoms with E-state index < -0.39 is 6.36 Å². The van der Waals surface area contributed by atoms with E-state index in [9.17, 15) is 18.0 Å². The van der Waals surface area contributed by atoms with Gasteiger partial charge < -0.3 is 20.3 Å². The second-order valence-electron chi connectivity index (χ2n) is 7.49. The van der Waals surface area contributed by atoms with Gasteiger partial charge in [0.15, 0.2) is 0 Å². The SMILES string of the molecule is CNCCN(C)c1cc(C)c2cc(NC(=O)C=Cc3ccc(OC(F)(F)F)cc3)ccc2n1. The fraction of sp³-hybridized carbons (Fsp3) is 0.250. The molecule has 2 aromatic carbocycles. The Bertz CT molecular complexity index is 1140. The van der Waals surface area contributed by atoms with Crippen LogP contribution in [0.4, 0.5) is 24.7 Å². The number of alkyl halides is 3. The standard InChI is InChI=1S/C24H25F3N4O2/c1-16-14-22(31(3)13-12-28-2)30-21-10-7-18(15-20(16)21)29-23(32)11-6-17-4-8-19(9-5-17)33-24(25,26)27/h4-11,14-15,28H,12-13H2,1-3H3,(H,29,32). The third-order valence-electron chi connectivity index (χ3n) is 4.90. The maximum Gasteiger partial charge on any atom is 0.573 e. The molecule has 0 atom stereocenters. The van der Waals surface area contributed by atoms with Gasteiger partial charge in [0.1, 0.15) is 11.6 Å². The van der Waals surface area contributed by atoms with Crippen LogP contribution in [-0.2, 0) is 4.79 Å². The summed E-state index contributed by atoms with van der Waals surface area (Å²) in [5.41, 5.74) is 3.05. The van der Waals surface area contributed by atoms with Crippen LogP contribution in [0.3, 0.4) is 0 Å². The summed E-state index contributed by atoms with van der Waals surface area (Å²) in [6, 6.07) is 12.8. The van der Waals surface area contributed by atoms with E-state index in [0.29, 0.717) is 11.3 Å². The number of hydrogen-bond donors (Lipinski definition) is 2. The number of carbonyl (C=O) groups excluding carboxylic acids is 1. The molecule has 6 nitrogen and oxygen atoms in total. The number of nitrogens with zero attached hydrogens (tertiary/aromatic N) is 2. The average molecular weight is 458 g/mol. The molecule has 0 radical (unpaired) electrons. The van der Waals surface area contributed by atoms with Crippen molar-refractivity contribution >= 4 is 34.4 Å². The first-order valence-electron chi connectivity index (χ1n) is 10.3. The van der Waals surface area contributed by atoms with Crippen LogP contribution in [0.15, 0.2) is 54.6 Å². The fourth-order valence-corrected chi connectivity index (χ4v) is 3.18. The molecule has 174 valence electrons. The molecular formula is C24H25F3N4O2. The van der Waals surface area contributed by atoms with Gasteiger partial charge in [0, 0.05) is 37.3 Å². The van der Waals surface area contributed by atoms with Crippen LogP contribution in [0.5, 0.6) is 5.75 Å². The van der Waals surface area contributed by atoms with E-state index in [1.165, 1.54) is 36.4 Å². The molecule has 0 spiro atoms. The molecule has 0 aliphatic carbocycles. The lowest BCUT2D eigenvalue weighted by Crippen LogP contribution is -2.27. The van der Waals surface area contributed by atoms with Gasteiger partial charge in [-0.1, -0.05) is 12.1 Å². The molecule has 33 heavy (non-hydrogen) atoms. The summed E-state index contributed by atoms with van der Waals surface area (Å²) < 4.78 is 40.5. The number of aryl methyl sites for hydroxylation is 1. The Morgan fingerprint density at radius 2 is 1.88 bits per heavy atom. The first-order chi connectivity index (χ1) is 15.6. The van der Waals surface area contributed by atoms with Crippen molar-refractivity contribution in [3.63, 3.8) is 0 Å². The van der Waals surface area contributed by atoms with Gasteiger partial charge in [-0.2, -0.15) is 0 Å². The van der Waals surface area contributed by atoms with Gasteiger partial charge in [-0.15, -0.1) is 13.2 Å². The summed E-state index contributed by atoms with van der Waals surface area (Å²) >= 11 is 0. The van der Waals surface area contributed by atoms with Crippen LogP contribution >= 0.6 is 0 Å². The quantitative estimate of drug-likeness (QED) is 0.477. The first kappa shape index (κ1) is 24.1. The minimum absolute atomic E-state index is 0.319. The summed E-state index contributed by atoms with van der Waals surface area (Å²) in [5, 5.41) is 6.84. The van der Waals surface area contributed by atoms with E-state index in [-0.39, 0.29) is 11.7 Å². The molecule has 2 N–H and O–H groups in total. The van der Waals surface area contributed by atoms with Gasteiger partial charge in [0.2, 0.25) is 5.91 Å². The highest BCUT2D eigenvalue weighted by Crippen LogP contribution is 2.25. The zero-order valence-electron chi connectivity index (χ0n) is 18.5. The van der Waals surface area contributed by atoms with Crippen molar-refractivity contribution in [2.45, 2.75) is 13.3 Å². The Kier molecular flexibility index (Phi) is 7.55. The van der Waals surface area contributed by atoms with E-state index in [1.54, 1.807) is 6.07 Å². The van der Waals surface area contributed by atoms with Crippen molar-refractivity contribution in [1.29, 1.82) is 0 Å². The molecule has 3 aromatic rings. The average Bonchev–Trinajstić information content (AvgIpc) is 2.76. The first-order valence-corrected chi connectivity index (χ1v) is 10.3. The van der Waals surface area contributed by atoms with Gasteiger partial charge in [0.05, 0.1) is 5.52 Å². The van der Waals surface area contributed by atoms with E-state index in [2.05, 4.69) is 20.3 Å². The minimum Gasteiger partial charge on any atom is -0.406 e. The summed E-state index contributed by atoms with van der Waals surface area (Å²) in [7, 11) is 3.89. The number of rotatable bonds is 8. The highest BCUT2D eigenvalue weighted by Gasteiger charge is 2.30. The van der Waals surface area contributed by atoms with Gasteiger partial charge in [-0.25, -0.2) is 4.98 Å². The Balaban J connectivity index is 1.67. The molecule has 1 heterocycles. The topological polar surface area (TPSA) is 66.5 Å². The van der Waals surface area contributed by atoms with E-state index >= 15 is 0 Å². The van der Waals surface area contributed by atoms with E-state index in [1.807, 2.05) is 39.2 Å². The summed E-state index contributed by atoms with van der Waals surface area (Å²) in [6.07, 6.45) is -1.92. The van der Waals surface area contributed by atoms with Crippen molar-refractivity contribution in [2.24, 2.45) is 0 Å². The van der Waals surface area contributed by atoms with Gasteiger partial charge in [-0.3, -0.25) is 4.79 Å². The minimum atomic E-state index is -4.74. The van der Waals surface area contributed by atoms with E-state index in [0.717, 1.165) is 35.4 Å². The molecule has 9 heteroatoms. The lowest BCUT2D eigenvalue weighted by molar-refractivity contribution is -0.274. The lowest BCUT2D eigenvalue weighted by Gasteiger charge is -2.19. The number of fused-ring (bicyclic) bond motifs is 1. The number of benzene rings is 2. The largest absolute Gasteiger partial charge is 0.573 e. The third kappa shape index (κ3) is 6.95. The second kappa shape index (κ2) is 10.4. The van der Waals surface area contributed by atoms with Crippen LogP contribution in [0, 0.1) is 6.92 Å². The monoisotopic (exact) mass is 458 g/mol. The number of nitrogens with one attached hydrogen (secondary N) is 2. The van der Waals surface area contributed by atoms with Crippen LogP contribution in [0.1, 0.15) is 11.1 Å². The normalized spacial score (nSPS) is 11.7. The number of pyridine rings is 1. The number of carbonyl (C=O) groups is 1. The lowest BCUT2D eigenvalue weighted by atomic mass is 10.1. The molecule has 0 aliphatic rings. The number of ether oxygens (including phenoxy) is 1. The zero-order valence-corrected chi connectivity index (χ0v) is 18.5. The zero-order chi connectivity index (χ0) is 24.0. The Labute approximate surface area is 190 Å². The maximum absolute atomic E-state index is 12.3. The van der Waals surface area contributed by atoms with Crippen molar-refractivity contribution in [3.8, 4) is 5.75 Å². The highest BCUT2D eigenvalue weighted by atomic mass is 19.4. The van der Waals surface area contributed by atoms with Gasteiger partial charge in [0.25, 0.3) is 0 Å². The van der Waals surface area contributed by atoms with Gasteiger partial charge >= 0.3 is 6.36 Å².